The van der Waals surface area contributed by atoms with Gasteiger partial charge in [0.1, 0.15) is 5.76 Å². The SMILES string of the molecule is Cc1cc(C(=O)N2CCC3(CCCCC3)CC2)no1. The summed E-state index contributed by atoms with van der Waals surface area (Å²) in [5.41, 5.74) is 0.992. The average molecular weight is 262 g/mol. The third-order valence-corrected chi connectivity index (χ3v) is 4.87. The van der Waals surface area contributed by atoms with Gasteiger partial charge in [-0.15, -0.1) is 0 Å². The standard InChI is InChI=1S/C15H22N2O2/c1-12-11-13(16-19-12)14(18)17-9-7-15(8-10-17)5-3-2-4-6-15/h11H,2-10H2,1H3. The van der Waals surface area contributed by atoms with Crippen molar-refractivity contribution < 1.29 is 9.32 Å². The predicted octanol–water partition coefficient (Wildman–Crippen LogP) is 3.17. The van der Waals surface area contributed by atoms with E-state index >= 15 is 0 Å². The molecule has 0 aromatic carbocycles. The molecule has 0 radical (unpaired) electrons. The van der Waals surface area contributed by atoms with Crippen LogP contribution in [0.2, 0.25) is 0 Å². The molecule has 3 rings (SSSR count). The van der Waals surface area contributed by atoms with Gasteiger partial charge in [0.25, 0.3) is 5.91 Å². The van der Waals surface area contributed by atoms with E-state index in [1.54, 1.807) is 6.07 Å². The minimum absolute atomic E-state index is 0.0301. The summed E-state index contributed by atoms with van der Waals surface area (Å²) >= 11 is 0. The van der Waals surface area contributed by atoms with Crippen LogP contribution in [0.1, 0.15) is 61.2 Å². The van der Waals surface area contributed by atoms with E-state index in [-0.39, 0.29) is 5.91 Å². The highest BCUT2D eigenvalue weighted by Crippen LogP contribution is 2.44. The molecular formula is C15H22N2O2. The lowest BCUT2D eigenvalue weighted by Gasteiger charge is -2.44. The summed E-state index contributed by atoms with van der Waals surface area (Å²) in [7, 11) is 0. The van der Waals surface area contributed by atoms with Crippen molar-refractivity contribution in [2.75, 3.05) is 13.1 Å². The summed E-state index contributed by atoms with van der Waals surface area (Å²) < 4.78 is 4.99. The molecule has 0 bridgehead atoms. The molecule has 4 nitrogen and oxygen atoms in total. The van der Waals surface area contributed by atoms with E-state index < -0.39 is 0 Å². The number of amides is 1. The summed E-state index contributed by atoms with van der Waals surface area (Å²) in [5, 5.41) is 3.83. The van der Waals surface area contributed by atoms with Gasteiger partial charge >= 0.3 is 0 Å². The van der Waals surface area contributed by atoms with Crippen molar-refractivity contribution >= 4 is 5.91 Å². The normalized spacial score (nSPS) is 22.7. The Morgan fingerprint density at radius 3 is 2.47 bits per heavy atom. The molecule has 1 aliphatic carbocycles. The molecule has 1 aromatic rings. The van der Waals surface area contributed by atoms with Crippen LogP contribution in [-0.4, -0.2) is 29.1 Å². The van der Waals surface area contributed by atoms with Crippen molar-refractivity contribution in [1.29, 1.82) is 0 Å². The first-order valence-electron chi connectivity index (χ1n) is 7.41. The van der Waals surface area contributed by atoms with Gasteiger partial charge in [-0.05, 0) is 38.0 Å². The van der Waals surface area contributed by atoms with E-state index in [9.17, 15) is 4.79 Å². The van der Waals surface area contributed by atoms with Crippen molar-refractivity contribution in [3.8, 4) is 0 Å². The minimum Gasteiger partial charge on any atom is -0.361 e. The van der Waals surface area contributed by atoms with E-state index in [1.165, 1.54) is 32.1 Å². The number of carbonyl (C=O) groups excluding carboxylic acids is 1. The largest absolute Gasteiger partial charge is 0.361 e. The average Bonchev–Trinajstić information content (AvgIpc) is 2.87. The van der Waals surface area contributed by atoms with Crippen LogP contribution < -0.4 is 0 Å². The monoisotopic (exact) mass is 262 g/mol. The van der Waals surface area contributed by atoms with Crippen LogP contribution in [0.5, 0.6) is 0 Å². The first-order valence-corrected chi connectivity index (χ1v) is 7.41. The number of hydrogen-bond acceptors (Lipinski definition) is 3. The lowest BCUT2D eigenvalue weighted by molar-refractivity contribution is 0.0464. The molecule has 0 unspecified atom stereocenters. The van der Waals surface area contributed by atoms with Crippen LogP contribution in [-0.2, 0) is 0 Å². The van der Waals surface area contributed by atoms with Crippen LogP contribution >= 0.6 is 0 Å². The van der Waals surface area contributed by atoms with Crippen molar-refractivity contribution in [2.24, 2.45) is 5.41 Å². The number of carbonyl (C=O) groups is 1. The van der Waals surface area contributed by atoms with E-state index in [2.05, 4.69) is 5.16 Å². The smallest absolute Gasteiger partial charge is 0.276 e. The number of nitrogens with zero attached hydrogens (tertiary/aromatic N) is 2. The van der Waals surface area contributed by atoms with Gasteiger partial charge in [-0.2, -0.15) is 0 Å². The van der Waals surface area contributed by atoms with E-state index in [0.29, 0.717) is 16.9 Å². The Morgan fingerprint density at radius 2 is 1.89 bits per heavy atom. The summed E-state index contributed by atoms with van der Waals surface area (Å²) in [6.45, 7) is 3.58. The lowest BCUT2D eigenvalue weighted by Crippen LogP contribution is -2.44. The van der Waals surface area contributed by atoms with Gasteiger partial charge < -0.3 is 9.42 Å². The van der Waals surface area contributed by atoms with Gasteiger partial charge in [0.2, 0.25) is 0 Å². The summed E-state index contributed by atoms with van der Waals surface area (Å²) in [4.78, 5) is 14.2. The number of piperidine rings is 1. The van der Waals surface area contributed by atoms with Gasteiger partial charge in [-0.1, -0.05) is 24.4 Å². The zero-order valence-corrected chi connectivity index (χ0v) is 11.7. The zero-order valence-electron chi connectivity index (χ0n) is 11.7. The summed E-state index contributed by atoms with van der Waals surface area (Å²) in [5.74, 6) is 0.728. The maximum absolute atomic E-state index is 12.3. The molecular weight excluding hydrogens is 240 g/mol. The highest BCUT2D eigenvalue weighted by Gasteiger charge is 2.37. The molecule has 104 valence electrons. The third-order valence-electron chi connectivity index (χ3n) is 4.87. The number of likely N-dealkylation sites (tertiary alicyclic amines) is 1. The molecule has 0 N–H and O–H groups in total. The van der Waals surface area contributed by atoms with Crippen LogP contribution in [0.25, 0.3) is 0 Å². The molecule has 0 atom stereocenters. The van der Waals surface area contributed by atoms with Crippen molar-refractivity contribution in [2.45, 2.75) is 51.9 Å². The van der Waals surface area contributed by atoms with Crippen molar-refractivity contribution in [3.63, 3.8) is 0 Å². The van der Waals surface area contributed by atoms with Gasteiger partial charge in [0, 0.05) is 19.2 Å². The summed E-state index contributed by atoms with van der Waals surface area (Å²) in [6, 6.07) is 1.73. The molecule has 2 aliphatic rings. The predicted molar refractivity (Wildman–Crippen MR) is 71.9 cm³/mol. The molecule has 1 aliphatic heterocycles. The van der Waals surface area contributed by atoms with E-state index in [0.717, 1.165) is 25.9 Å². The highest BCUT2D eigenvalue weighted by atomic mass is 16.5. The molecule has 2 fully saturated rings. The van der Waals surface area contributed by atoms with Gasteiger partial charge in [0.05, 0.1) is 0 Å². The maximum Gasteiger partial charge on any atom is 0.276 e. The Labute approximate surface area is 114 Å². The quantitative estimate of drug-likeness (QED) is 0.781. The second kappa shape index (κ2) is 4.99. The van der Waals surface area contributed by atoms with Gasteiger partial charge in [0.15, 0.2) is 5.69 Å². The van der Waals surface area contributed by atoms with Crippen LogP contribution in [0, 0.1) is 12.3 Å². The Kier molecular flexibility index (Phi) is 3.33. The van der Waals surface area contributed by atoms with Crippen LogP contribution in [0.3, 0.4) is 0 Å². The summed E-state index contributed by atoms with van der Waals surface area (Å²) in [6.07, 6.45) is 9.18. The third kappa shape index (κ3) is 2.53. The minimum atomic E-state index is 0.0301. The number of aryl methyl sites for hydroxylation is 1. The topological polar surface area (TPSA) is 46.3 Å². The maximum atomic E-state index is 12.3. The second-order valence-corrected chi connectivity index (χ2v) is 6.18. The Balaban J connectivity index is 1.62. The number of aromatic nitrogens is 1. The Morgan fingerprint density at radius 1 is 1.21 bits per heavy atom. The van der Waals surface area contributed by atoms with E-state index in [4.69, 9.17) is 4.52 Å². The van der Waals surface area contributed by atoms with Crippen LogP contribution in [0.4, 0.5) is 0 Å². The van der Waals surface area contributed by atoms with Gasteiger partial charge in [-0.3, -0.25) is 4.79 Å². The van der Waals surface area contributed by atoms with Crippen molar-refractivity contribution in [3.05, 3.63) is 17.5 Å². The molecule has 19 heavy (non-hydrogen) atoms. The number of rotatable bonds is 1. The van der Waals surface area contributed by atoms with E-state index in [1.807, 2.05) is 11.8 Å². The lowest BCUT2D eigenvalue weighted by atomic mass is 9.68. The van der Waals surface area contributed by atoms with Crippen LogP contribution in [0.15, 0.2) is 10.6 Å². The van der Waals surface area contributed by atoms with Gasteiger partial charge in [-0.25, -0.2) is 0 Å². The first kappa shape index (κ1) is 12.7. The molecule has 1 spiro atoms. The fourth-order valence-electron chi connectivity index (χ4n) is 3.62. The molecule has 1 aromatic heterocycles. The fraction of sp³-hybridized carbons (Fsp3) is 0.733. The molecule has 1 amide bonds. The van der Waals surface area contributed by atoms with Crippen molar-refractivity contribution in [1.82, 2.24) is 10.1 Å². The highest BCUT2D eigenvalue weighted by molar-refractivity contribution is 5.92. The Hall–Kier alpha value is -1.32. The number of hydrogen-bond donors (Lipinski definition) is 0. The zero-order chi connectivity index (χ0) is 13.3. The first-order chi connectivity index (χ1) is 9.19. The Bertz CT molecular complexity index is 450. The second-order valence-electron chi connectivity index (χ2n) is 6.18. The molecule has 1 saturated heterocycles. The fourth-order valence-corrected chi connectivity index (χ4v) is 3.62. The molecule has 1 saturated carbocycles. The molecule has 2 heterocycles. The molecule has 4 heteroatoms.